The summed E-state index contributed by atoms with van der Waals surface area (Å²) in [6.45, 7) is -0.537. The molecule has 2 aromatic carbocycles. The van der Waals surface area contributed by atoms with Crippen LogP contribution in [0.4, 0.5) is 10.5 Å². The molecule has 0 N–H and O–H groups in total. The number of rotatable bonds is 6. The van der Waals surface area contributed by atoms with Gasteiger partial charge >= 0.3 is 6.09 Å². The second-order valence-corrected chi connectivity index (χ2v) is 5.05. The highest BCUT2D eigenvalue weighted by atomic mass is 16.6. The summed E-state index contributed by atoms with van der Waals surface area (Å²) in [4.78, 5) is 23.8. The smallest absolute Gasteiger partial charge is 0.414 e. The van der Waals surface area contributed by atoms with E-state index in [0.29, 0.717) is 5.69 Å². The molecule has 0 fully saturated rings. The van der Waals surface area contributed by atoms with Gasteiger partial charge in [0.1, 0.15) is 25.0 Å². The zero-order chi connectivity index (χ0) is 18.2. The number of ether oxygens (including phenoxy) is 2. The van der Waals surface area contributed by atoms with Crippen LogP contribution >= 0.6 is 0 Å². The van der Waals surface area contributed by atoms with Crippen LogP contribution in [0.2, 0.25) is 0 Å². The summed E-state index contributed by atoms with van der Waals surface area (Å²) in [6, 6.07) is 15.5. The minimum atomic E-state index is -1.39. The van der Waals surface area contributed by atoms with Gasteiger partial charge in [0.05, 0.1) is 11.5 Å². The van der Waals surface area contributed by atoms with Crippen molar-refractivity contribution in [1.29, 1.82) is 5.26 Å². The van der Waals surface area contributed by atoms with Gasteiger partial charge in [0.15, 0.2) is 0 Å². The molecule has 0 saturated carbocycles. The third kappa shape index (κ3) is 4.97. The number of carboxylic acid groups (broad SMARTS) is 1. The average molecular weight is 339 g/mol. The Labute approximate surface area is 144 Å². The van der Waals surface area contributed by atoms with Crippen LogP contribution in [0.5, 0.6) is 5.75 Å². The zero-order valence-corrected chi connectivity index (χ0v) is 13.5. The van der Waals surface area contributed by atoms with Crippen LogP contribution in [0.1, 0.15) is 11.1 Å². The number of anilines is 1. The van der Waals surface area contributed by atoms with E-state index in [1.165, 1.54) is 30.1 Å². The van der Waals surface area contributed by atoms with Gasteiger partial charge in [0.2, 0.25) is 0 Å². The number of hydrogen-bond donors (Lipinski definition) is 0. The number of benzene rings is 2. The molecule has 7 heteroatoms. The van der Waals surface area contributed by atoms with Gasteiger partial charge in [-0.2, -0.15) is 5.26 Å². The number of carbonyl (C=O) groups excluding carboxylic acids is 2. The van der Waals surface area contributed by atoms with Gasteiger partial charge in [-0.15, -0.1) is 0 Å². The van der Waals surface area contributed by atoms with Crippen LogP contribution in [0, 0.1) is 11.3 Å². The molecule has 0 spiro atoms. The second-order valence-electron chi connectivity index (χ2n) is 5.05. The first-order valence-corrected chi connectivity index (χ1v) is 7.32. The van der Waals surface area contributed by atoms with Crippen molar-refractivity contribution in [1.82, 2.24) is 0 Å². The largest absolute Gasteiger partial charge is 0.546 e. The molecule has 0 aromatic heterocycles. The van der Waals surface area contributed by atoms with Crippen molar-refractivity contribution in [2.75, 3.05) is 18.6 Å². The Morgan fingerprint density at radius 1 is 1.20 bits per heavy atom. The van der Waals surface area contributed by atoms with Gasteiger partial charge in [-0.25, -0.2) is 4.79 Å². The van der Waals surface area contributed by atoms with Crippen LogP contribution < -0.4 is 14.7 Å². The van der Waals surface area contributed by atoms with Crippen LogP contribution in [-0.4, -0.2) is 25.7 Å². The average Bonchev–Trinajstić information content (AvgIpc) is 2.64. The van der Waals surface area contributed by atoms with E-state index in [-0.39, 0.29) is 17.9 Å². The minimum absolute atomic E-state index is 0.0986. The third-order valence-corrected chi connectivity index (χ3v) is 3.30. The summed E-state index contributed by atoms with van der Waals surface area (Å²) < 4.78 is 10.2. The molecule has 0 unspecified atom stereocenters. The zero-order valence-electron chi connectivity index (χ0n) is 13.5. The molecule has 0 bridgehead atoms. The number of amides is 1. The molecule has 0 heterocycles. The van der Waals surface area contributed by atoms with Gasteiger partial charge < -0.3 is 19.4 Å². The normalized spacial score (nSPS) is 9.76. The summed E-state index contributed by atoms with van der Waals surface area (Å²) in [6.07, 6.45) is -0.587. The van der Waals surface area contributed by atoms with Crippen LogP contribution in [0.25, 0.3) is 0 Å². The molecule has 128 valence electrons. The fourth-order valence-electron chi connectivity index (χ4n) is 2.00. The van der Waals surface area contributed by atoms with Crippen LogP contribution in [0.15, 0.2) is 48.5 Å². The Bertz CT molecular complexity index is 799. The number of hydrogen-bond acceptors (Lipinski definition) is 6. The van der Waals surface area contributed by atoms with E-state index in [1.807, 2.05) is 36.4 Å². The van der Waals surface area contributed by atoms with E-state index in [4.69, 9.17) is 14.7 Å². The molecule has 0 aliphatic heterocycles. The summed E-state index contributed by atoms with van der Waals surface area (Å²) in [5.41, 5.74) is 1.37. The molecule has 0 atom stereocenters. The number of aliphatic carboxylic acids is 1. The van der Waals surface area contributed by atoms with E-state index in [0.717, 1.165) is 5.56 Å². The van der Waals surface area contributed by atoms with E-state index in [1.54, 1.807) is 0 Å². The highest BCUT2D eigenvalue weighted by Gasteiger charge is 2.15. The molecule has 0 saturated heterocycles. The summed E-state index contributed by atoms with van der Waals surface area (Å²) in [5.74, 6) is -1.30. The Morgan fingerprint density at radius 2 is 1.92 bits per heavy atom. The van der Waals surface area contributed by atoms with E-state index < -0.39 is 18.7 Å². The fraction of sp³-hybridized carbons (Fsp3) is 0.167. The van der Waals surface area contributed by atoms with Gasteiger partial charge in [0.25, 0.3) is 0 Å². The van der Waals surface area contributed by atoms with Crippen molar-refractivity contribution in [3.05, 3.63) is 59.7 Å². The second kappa shape index (κ2) is 8.36. The fourth-order valence-corrected chi connectivity index (χ4v) is 2.00. The molecule has 2 aromatic rings. The maximum absolute atomic E-state index is 12.1. The first kappa shape index (κ1) is 17.8. The highest BCUT2D eigenvalue weighted by molar-refractivity contribution is 5.87. The lowest BCUT2D eigenvalue weighted by atomic mass is 10.2. The maximum Gasteiger partial charge on any atom is 0.414 e. The summed E-state index contributed by atoms with van der Waals surface area (Å²) in [7, 11) is 1.51. The molecule has 7 nitrogen and oxygen atoms in total. The van der Waals surface area contributed by atoms with Crippen LogP contribution in [-0.2, 0) is 16.1 Å². The number of nitrogens with zero attached hydrogens (tertiary/aromatic N) is 2. The van der Waals surface area contributed by atoms with Crippen molar-refractivity contribution < 1.29 is 24.2 Å². The number of carbonyl (C=O) groups is 2. The molecule has 0 radical (unpaired) electrons. The predicted molar refractivity (Wildman–Crippen MR) is 86.7 cm³/mol. The lowest BCUT2D eigenvalue weighted by Crippen LogP contribution is -2.29. The summed E-state index contributed by atoms with van der Waals surface area (Å²) >= 11 is 0. The van der Waals surface area contributed by atoms with Crippen molar-refractivity contribution >= 4 is 17.7 Å². The topological polar surface area (TPSA) is 103 Å². The Kier molecular flexibility index (Phi) is 5.96. The maximum atomic E-state index is 12.1. The lowest BCUT2D eigenvalue weighted by Gasteiger charge is -2.18. The number of nitriles is 1. The molecule has 2 rings (SSSR count). The quantitative estimate of drug-likeness (QED) is 0.789. The lowest BCUT2D eigenvalue weighted by molar-refractivity contribution is -0.307. The van der Waals surface area contributed by atoms with E-state index >= 15 is 0 Å². The van der Waals surface area contributed by atoms with Gasteiger partial charge in [-0.05, 0) is 23.8 Å². The monoisotopic (exact) mass is 339 g/mol. The molecule has 25 heavy (non-hydrogen) atoms. The van der Waals surface area contributed by atoms with Gasteiger partial charge in [0, 0.05) is 12.7 Å². The van der Waals surface area contributed by atoms with Crippen molar-refractivity contribution in [2.45, 2.75) is 6.61 Å². The van der Waals surface area contributed by atoms with E-state index in [2.05, 4.69) is 0 Å². The van der Waals surface area contributed by atoms with Crippen molar-refractivity contribution in [2.24, 2.45) is 0 Å². The molecular weight excluding hydrogens is 324 g/mol. The first-order valence-electron chi connectivity index (χ1n) is 7.32. The van der Waals surface area contributed by atoms with Crippen molar-refractivity contribution in [3.8, 4) is 11.8 Å². The Balaban J connectivity index is 2.05. The summed E-state index contributed by atoms with van der Waals surface area (Å²) in [5, 5.41) is 19.6. The standard InChI is InChI=1S/C18H16N2O5/c1-20(18(23)25-11-13-5-3-2-4-6-13)15-7-8-16(14(9-15)10-19)24-12-17(21)22/h2-9H,11-12H2,1H3,(H,21,22)/p-1. The Morgan fingerprint density at radius 3 is 2.56 bits per heavy atom. The van der Waals surface area contributed by atoms with Crippen molar-refractivity contribution in [3.63, 3.8) is 0 Å². The molecular formula is C18H15N2O5-. The highest BCUT2D eigenvalue weighted by Crippen LogP contribution is 2.24. The number of carboxylic acids is 1. The minimum Gasteiger partial charge on any atom is -0.546 e. The van der Waals surface area contributed by atoms with E-state index in [9.17, 15) is 14.7 Å². The van der Waals surface area contributed by atoms with Gasteiger partial charge in [-0.3, -0.25) is 4.90 Å². The van der Waals surface area contributed by atoms with Crippen LogP contribution in [0.3, 0.4) is 0 Å². The SMILES string of the molecule is CN(C(=O)OCc1ccccc1)c1ccc(OCC(=O)[O-])c(C#N)c1. The molecule has 0 aliphatic rings. The molecule has 0 aliphatic carbocycles. The first-order chi connectivity index (χ1) is 12.0. The van der Waals surface area contributed by atoms with Gasteiger partial charge in [-0.1, -0.05) is 30.3 Å². The Hall–Kier alpha value is -3.53. The predicted octanol–water partition coefficient (Wildman–Crippen LogP) is 1.46. The third-order valence-electron chi connectivity index (χ3n) is 3.30. The molecule has 1 amide bonds.